The molecule has 3 N–H and O–H groups in total. The number of carboxylic acid groups (broad SMARTS) is 1. The molecular weight excluding hydrogens is 378 g/mol. The van der Waals surface area contributed by atoms with Crippen LogP contribution in [0.1, 0.15) is 11.1 Å². The van der Waals surface area contributed by atoms with Crippen LogP contribution in [-0.4, -0.2) is 47.2 Å². The Balaban J connectivity index is 1.61. The van der Waals surface area contributed by atoms with Gasteiger partial charge in [-0.15, -0.1) is 0 Å². The highest BCUT2D eigenvalue weighted by molar-refractivity contribution is 5.85. The highest BCUT2D eigenvalue weighted by Crippen LogP contribution is 2.29. The maximum absolute atomic E-state index is 10.7. The third-order valence-corrected chi connectivity index (χ3v) is 5.05. The van der Waals surface area contributed by atoms with E-state index in [9.17, 15) is 10.1 Å². The van der Waals surface area contributed by atoms with Gasteiger partial charge in [0.25, 0.3) is 0 Å². The highest BCUT2D eigenvalue weighted by atomic mass is 16.4. The minimum absolute atomic E-state index is 0.639. The molecule has 1 aromatic carbocycles. The number of aliphatic carboxylic acids is 1. The van der Waals surface area contributed by atoms with Crippen molar-refractivity contribution in [3.63, 3.8) is 0 Å². The topological polar surface area (TPSA) is 105 Å². The van der Waals surface area contributed by atoms with Gasteiger partial charge in [0.1, 0.15) is 11.9 Å². The van der Waals surface area contributed by atoms with Crippen LogP contribution in [0.5, 0.6) is 0 Å². The number of aromatic nitrogens is 2. The van der Waals surface area contributed by atoms with E-state index in [1.807, 2.05) is 42.5 Å². The molecule has 150 valence electrons. The third kappa shape index (κ3) is 4.24. The average Bonchev–Trinajstić information content (AvgIpc) is 3.23. The summed E-state index contributed by atoms with van der Waals surface area (Å²) in [5, 5.41) is 21.6. The number of nitriles is 1. The largest absolute Gasteiger partial charge is 0.478 e. The fourth-order valence-corrected chi connectivity index (χ4v) is 3.51. The summed E-state index contributed by atoms with van der Waals surface area (Å²) in [6.45, 7) is 3.52. The van der Waals surface area contributed by atoms with Crippen LogP contribution >= 0.6 is 0 Å². The average molecular weight is 399 g/mol. The number of aromatic amines is 1. The number of carboxylic acids is 1. The molecular formula is C23H21N5O2. The van der Waals surface area contributed by atoms with Gasteiger partial charge >= 0.3 is 5.97 Å². The molecule has 0 bridgehead atoms. The third-order valence-electron chi connectivity index (χ3n) is 5.05. The molecule has 1 aliphatic rings. The number of pyridine rings is 1. The van der Waals surface area contributed by atoms with Crippen molar-refractivity contribution in [3.8, 4) is 28.6 Å². The maximum Gasteiger partial charge on any atom is 0.328 e. The zero-order valence-electron chi connectivity index (χ0n) is 16.3. The molecule has 0 aliphatic carbocycles. The van der Waals surface area contributed by atoms with Gasteiger partial charge in [0.05, 0.1) is 11.3 Å². The van der Waals surface area contributed by atoms with E-state index in [-0.39, 0.29) is 0 Å². The Labute approximate surface area is 174 Å². The number of hydrogen-bond donors (Lipinski definition) is 3. The number of H-pyrrole nitrogens is 1. The monoisotopic (exact) mass is 399 g/mol. The Kier molecular flexibility index (Phi) is 5.59. The zero-order valence-corrected chi connectivity index (χ0v) is 16.3. The smallest absolute Gasteiger partial charge is 0.328 e. The molecule has 0 spiro atoms. The van der Waals surface area contributed by atoms with Crippen molar-refractivity contribution in [1.29, 1.82) is 5.26 Å². The van der Waals surface area contributed by atoms with E-state index in [0.717, 1.165) is 66.2 Å². The van der Waals surface area contributed by atoms with Crippen molar-refractivity contribution in [3.05, 3.63) is 65.9 Å². The molecule has 3 aromatic rings. The zero-order chi connectivity index (χ0) is 20.9. The molecule has 0 atom stereocenters. The van der Waals surface area contributed by atoms with Crippen LogP contribution in [-0.2, 0) is 4.79 Å². The lowest BCUT2D eigenvalue weighted by Gasteiger charge is -2.28. The number of nitrogens with one attached hydrogen (secondary N) is 2. The first-order valence-electron chi connectivity index (χ1n) is 9.71. The number of hydrogen-bond acceptors (Lipinski definition) is 5. The van der Waals surface area contributed by atoms with Crippen molar-refractivity contribution in [2.24, 2.45) is 0 Å². The van der Waals surface area contributed by atoms with Gasteiger partial charge in [-0.3, -0.25) is 4.98 Å². The van der Waals surface area contributed by atoms with Crippen LogP contribution in [0.4, 0.5) is 5.82 Å². The molecule has 0 unspecified atom stereocenters. The predicted molar refractivity (Wildman–Crippen MR) is 116 cm³/mol. The Morgan fingerprint density at radius 2 is 1.90 bits per heavy atom. The van der Waals surface area contributed by atoms with E-state index in [0.29, 0.717) is 5.56 Å². The molecule has 7 heteroatoms. The molecule has 1 aliphatic heterocycles. The van der Waals surface area contributed by atoms with E-state index in [1.165, 1.54) is 0 Å². The molecule has 30 heavy (non-hydrogen) atoms. The van der Waals surface area contributed by atoms with E-state index in [1.54, 1.807) is 12.3 Å². The van der Waals surface area contributed by atoms with Crippen molar-refractivity contribution in [2.45, 2.75) is 0 Å². The van der Waals surface area contributed by atoms with Gasteiger partial charge in [0, 0.05) is 55.3 Å². The second-order valence-electron chi connectivity index (χ2n) is 7.02. The quantitative estimate of drug-likeness (QED) is 0.570. The van der Waals surface area contributed by atoms with Crippen molar-refractivity contribution < 1.29 is 9.90 Å². The standard InChI is InChI=1S/C23H21N5O2/c24-15-19-14-21(27-23(19)28-11-9-25-10-12-28)18-7-8-26-20(13-18)17-4-1-16(2-5-17)3-6-22(29)30/h1-8,13-14,25,27H,9-12H2,(H,29,30)/b6-3+. The van der Waals surface area contributed by atoms with Crippen molar-refractivity contribution in [1.82, 2.24) is 15.3 Å². The van der Waals surface area contributed by atoms with Crippen LogP contribution in [0.25, 0.3) is 28.6 Å². The lowest BCUT2D eigenvalue weighted by atomic mass is 10.1. The van der Waals surface area contributed by atoms with Gasteiger partial charge in [-0.05, 0) is 29.8 Å². The first-order chi connectivity index (χ1) is 14.6. The van der Waals surface area contributed by atoms with Crippen LogP contribution in [0.3, 0.4) is 0 Å². The number of carbonyl (C=O) groups is 1. The maximum atomic E-state index is 10.7. The number of benzene rings is 1. The molecule has 0 radical (unpaired) electrons. The van der Waals surface area contributed by atoms with E-state index >= 15 is 0 Å². The first-order valence-corrected chi connectivity index (χ1v) is 9.71. The highest BCUT2D eigenvalue weighted by Gasteiger charge is 2.18. The van der Waals surface area contributed by atoms with Gasteiger partial charge in [-0.25, -0.2) is 4.79 Å². The SMILES string of the molecule is N#Cc1cc(-c2ccnc(-c3ccc(/C=C/C(=O)O)cc3)c2)[nH]c1N1CCNCC1. The van der Waals surface area contributed by atoms with E-state index in [2.05, 4.69) is 26.3 Å². The minimum Gasteiger partial charge on any atom is -0.478 e. The molecule has 0 amide bonds. The summed E-state index contributed by atoms with van der Waals surface area (Å²) >= 11 is 0. The Bertz CT molecular complexity index is 1120. The fourth-order valence-electron chi connectivity index (χ4n) is 3.51. The number of piperazine rings is 1. The summed E-state index contributed by atoms with van der Waals surface area (Å²) in [6, 6.07) is 15.6. The van der Waals surface area contributed by atoms with E-state index in [4.69, 9.17) is 5.11 Å². The molecule has 1 saturated heterocycles. The summed E-state index contributed by atoms with van der Waals surface area (Å²) in [6.07, 6.45) is 4.41. The van der Waals surface area contributed by atoms with Gasteiger partial charge in [0.15, 0.2) is 0 Å². The summed E-state index contributed by atoms with van der Waals surface area (Å²) in [5.74, 6) is -0.113. The van der Waals surface area contributed by atoms with Crippen LogP contribution in [0.2, 0.25) is 0 Å². The molecule has 3 heterocycles. The van der Waals surface area contributed by atoms with Gasteiger partial charge in [-0.2, -0.15) is 5.26 Å². The fraction of sp³-hybridized carbons (Fsp3) is 0.174. The lowest BCUT2D eigenvalue weighted by Crippen LogP contribution is -2.44. The molecule has 7 nitrogen and oxygen atoms in total. The molecule has 2 aromatic heterocycles. The Morgan fingerprint density at radius 1 is 1.13 bits per heavy atom. The first kappa shape index (κ1) is 19.4. The number of anilines is 1. The van der Waals surface area contributed by atoms with E-state index < -0.39 is 5.97 Å². The van der Waals surface area contributed by atoms with Crippen LogP contribution < -0.4 is 10.2 Å². The number of rotatable bonds is 5. The molecule has 1 fully saturated rings. The Morgan fingerprint density at radius 3 is 2.60 bits per heavy atom. The molecule has 4 rings (SSSR count). The Hall–Kier alpha value is -3.89. The summed E-state index contributed by atoms with van der Waals surface area (Å²) in [7, 11) is 0. The van der Waals surface area contributed by atoms with Crippen LogP contribution in [0, 0.1) is 11.3 Å². The predicted octanol–water partition coefficient (Wildman–Crippen LogP) is 3.12. The minimum atomic E-state index is -0.976. The summed E-state index contributed by atoms with van der Waals surface area (Å²) in [5.41, 5.74) is 5.01. The second-order valence-corrected chi connectivity index (χ2v) is 7.02. The summed E-state index contributed by atoms with van der Waals surface area (Å²) < 4.78 is 0. The molecule has 0 saturated carbocycles. The van der Waals surface area contributed by atoms with Gasteiger partial charge < -0.3 is 20.3 Å². The summed E-state index contributed by atoms with van der Waals surface area (Å²) in [4.78, 5) is 20.7. The number of nitrogens with zero attached hydrogens (tertiary/aromatic N) is 3. The second kappa shape index (κ2) is 8.64. The van der Waals surface area contributed by atoms with Gasteiger partial charge in [0.2, 0.25) is 0 Å². The van der Waals surface area contributed by atoms with Gasteiger partial charge in [-0.1, -0.05) is 24.3 Å². The van der Waals surface area contributed by atoms with Crippen molar-refractivity contribution in [2.75, 3.05) is 31.1 Å². The normalized spacial score (nSPS) is 14.0. The lowest BCUT2D eigenvalue weighted by molar-refractivity contribution is -0.131. The van der Waals surface area contributed by atoms with Crippen LogP contribution in [0.15, 0.2) is 54.7 Å². The van der Waals surface area contributed by atoms with Crippen molar-refractivity contribution >= 4 is 17.9 Å².